The molecule has 16 heavy (non-hydrogen) atoms. The van der Waals surface area contributed by atoms with Crippen molar-refractivity contribution in [3.8, 4) is 5.75 Å². The van der Waals surface area contributed by atoms with Crippen LogP contribution in [0.15, 0.2) is 22.7 Å². The van der Waals surface area contributed by atoms with Crippen LogP contribution in [0.2, 0.25) is 0 Å². The van der Waals surface area contributed by atoms with E-state index in [0.29, 0.717) is 17.3 Å². The third kappa shape index (κ3) is 1.76. The van der Waals surface area contributed by atoms with Gasteiger partial charge in [-0.3, -0.25) is 0 Å². The van der Waals surface area contributed by atoms with Crippen LogP contribution < -0.4 is 10.5 Å². The minimum Gasteiger partial charge on any atom is -0.496 e. The van der Waals surface area contributed by atoms with Crippen LogP contribution in [0.1, 0.15) is 25.3 Å². The number of hydrogen-bond acceptors (Lipinski definition) is 2. The van der Waals surface area contributed by atoms with Crippen molar-refractivity contribution in [2.24, 2.45) is 17.1 Å². The first-order chi connectivity index (χ1) is 7.52. The maximum Gasteiger partial charge on any atom is 0.122 e. The fourth-order valence-electron chi connectivity index (χ4n) is 2.75. The summed E-state index contributed by atoms with van der Waals surface area (Å²) >= 11 is 3.51. The van der Waals surface area contributed by atoms with E-state index in [9.17, 15) is 0 Å². The smallest absolute Gasteiger partial charge is 0.122 e. The van der Waals surface area contributed by atoms with Crippen LogP contribution in [0.4, 0.5) is 0 Å². The largest absolute Gasteiger partial charge is 0.496 e. The van der Waals surface area contributed by atoms with E-state index < -0.39 is 0 Å². The number of benzene rings is 1. The lowest BCUT2D eigenvalue weighted by Crippen LogP contribution is -2.05. The first kappa shape index (κ1) is 11.9. The minimum atomic E-state index is 0.294. The maximum absolute atomic E-state index is 5.81. The van der Waals surface area contributed by atoms with Gasteiger partial charge in [0.2, 0.25) is 0 Å². The molecule has 1 aliphatic carbocycles. The Kier molecular flexibility index (Phi) is 3.01. The van der Waals surface area contributed by atoms with Gasteiger partial charge in [-0.1, -0.05) is 29.8 Å². The third-order valence-corrected chi connectivity index (χ3v) is 4.32. The summed E-state index contributed by atoms with van der Waals surface area (Å²) in [5.74, 6) is 2.05. The summed E-state index contributed by atoms with van der Waals surface area (Å²) in [6, 6.07) is 6.18. The molecule has 0 aliphatic heterocycles. The summed E-state index contributed by atoms with van der Waals surface area (Å²) in [6.45, 7) is 5.29. The van der Waals surface area contributed by atoms with Crippen molar-refractivity contribution in [2.45, 2.75) is 19.8 Å². The van der Waals surface area contributed by atoms with E-state index in [1.54, 1.807) is 7.11 Å². The number of rotatable bonds is 3. The van der Waals surface area contributed by atoms with E-state index in [0.717, 1.165) is 16.8 Å². The highest BCUT2D eigenvalue weighted by atomic mass is 79.9. The van der Waals surface area contributed by atoms with Gasteiger partial charge in [0, 0.05) is 4.47 Å². The molecule has 0 saturated heterocycles. The van der Waals surface area contributed by atoms with E-state index in [1.165, 1.54) is 5.56 Å². The van der Waals surface area contributed by atoms with E-state index in [1.807, 2.05) is 12.1 Å². The van der Waals surface area contributed by atoms with Crippen molar-refractivity contribution in [3.05, 3.63) is 28.2 Å². The van der Waals surface area contributed by atoms with Crippen molar-refractivity contribution in [3.63, 3.8) is 0 Å². The van der Waals surface area contributed by atoms with Gasteiger partial charge in [0.05, 0.1) is 7.11 Å². The Morgan fingerprint density at radius 3 is 2.62 bits per heavy atom. The molecule has 0 aromatic heterocycles. The topological polar surface area (TPSA) is 35.2 Å². The van der Waals surface area contributed by atoms with Crippen LogP contribution in [-0.4, -0.2) is 13.7 Å². The summed E-state index contributed by atoms with van der Waals surface area (Å²) in [6.07, 6.45) is 0. The zero-order valence-corrected chi connectivity index (χ0v) is 11.5. The number of nitrogens with two attached hydrogens (primary N) is 1. The molecule has 1 aromatic rings. The number of ether oxygens (including phenoxy) is 1. The van der Waals surface area contributed by atoms with Crippen LogP contribution in [0, 0.1) is 11.3 Å². The van der Waals surface area contributed by atoms with Gasteiger partial charge < -0.3 is 10.5 Å². The van der Waals surface area contributed by atoms with Gasteiger partial charge in [0.15, 0.2) is 0 Å². The highest BCUT2D eigenvalue weighted by Crippen LogP contribution is 2.65. The molecular formula is C13H18BrNO. The quantitative estimate of drug-likeness (QED) is 0.925. The molecule has 3 heteroatoms. The molecule has 0 heterocycles. The molecule has 1 aliphatic rings. The van der Waals surface area contributed by atoms with E-state index in [-0.39, 0.29) is 0 Å². The van der Waals surface area contributed by atoms with Crippen molar-refractivity contribution in [1.29, 1.82) is 0 Å². The van der Waals surface area contributed by atoms with Crippen LogP contribution in [-0.2, 0) is 0 Å². The molecule has 0 amide bonds. The minimum absolute atomic E-state index is 0.294. The molecule has 0 bridgehead atoms. The highest BCUT2D eigenvalue weighted by molar-refractivity contribution is 9.10. The van der Waals surface area contributed by atoms with Crippen LogP contribution in [0.5, 0.6) is 5.75 Å². The zero-order chi connectivity index (χ0) is 11.9. The second-order valence-corrected chi connectivity index (χ2v) is 5.94. The molecule has 88 valence electrons. The molecular weight excluding hydrogens is 266 g/mol. The lowest BCUT2D eigenvalue weighted by molar-refractivity contribution is 0.407. The van der Waals surface area contributed by atoms with Gasteiger partial charge in [0.25, 0.3) is 0 Å². The molecule has 2 rings (SSSR count). The molecule has 2 N–H and O–H groups in total. The molecule has 0 radical (unpaired) electrons. The predicted molar refractivity (Wildman–Crippen MR) is 69.8 cm³/mol. The SMILES string of the molecule is COc1ccc(Br)cc1C1C(CN)C1(C)C. The Labute approximate surface area is 105 Å². The van der Waals surface area contributed by atoms with E-state index in [4.69, 9.17) is 10.5 Å². The standard InChI is InChI=1S/C13H18BrNO/c1-13(2)10(7-15)12(13)9-6-8(14)4-5-11(9)16-3/h4-6,10,12H,7,15H2,1-3H3. The van der Waals surface area contributed by atoms with Crippen molar-refractivity contribution < 1.29 is 4.74 Å². The molecule has 1 fully saturated rings. The predicted octanol–water partition coefficient (Wildman–Crippen LogP) is 3.16. The first-order valence-corrected chi connectivity index (χ1v) is 6.35. The Balaban J connectivity index is 2.38. The van der Waals surface area contributed by atoms with Crippen molar-refractivity contribution in [2.75, 3.05) is 13.7 Å². The summed E-state index contributed by atoms with van der Waals surface area (Å²) in [7, 11) is 1.72. The summed E-state index contributed by atoms with van der Waals surface area (Å²) < 4.78 is 6.53. The van der Waals surface area contributed by atoms with Crippen LogP contribution in [0.25, 0.3) is 0 Å². The lowest BCUT2D eigenvalue weighted by Gasteiger charge is -2.10. The summed E-state index contributed by atoms with van der Waals surface area (Å²) in [5.41, 5.74) is 7.38. The van der Waals surface area contributed by atoms with Gasteiger partial charge in [-0.05, 0) is 47.6 Å². The first-order valence-electron chi connectivity index (χ1n) is 5.56. The molecule has 1 aromatic carbocycles. The van der Waals surface area contributed by atoms with E-state index >= 15 is 0 Å². The number of halogens is 1. The molecule has 2 unspecified atom stereocenters. The monoisotopic (exact) mass is 283 g/mol. The van der Waals surface area contributed by atoms with Gasteiger partial charge in [-0.2, -0.15) is 0 Å². The van der Waals surface area contributed by atoms with Gasteiger partial charge in [0.1, 0.15) is 5.75 Å². The average Bonchev–Trinajstić information content (AvgIpc) is 2.80. The number of hydrogen-bond donors (Lipinski definition) is 1. The van der Waals surface area contributed by atoms with Gasteiger partial charge in [-0.25, -0.2) is 0 Å². The Bertz CT molecular complexity index is 403. The second kappa shape index (κ2) is 4.04. The summed E-state index contributed by atoms with van der Waals surface area (Å²) in [4.78, 5) is 0. The second-order valence-electron chi connectivity index (χ2n) is 5.03. The Hall–Kier alpha value is -0.540. The average molecular weight is 284 g/mol. The Morgan fingerprint density at radius 2 is 2.12 bits per heavy atom. The molecule has 2 nitrogen and oxygen atoms in total. The fraction of sp³-hybridized carbons (Fsp3) is 0.538. The van der Waals surface area contributed by atoms with Crippen LogP contribution in [0.3, 0.4) is 0 Å². The Morgan fingerprint density at radius 1 is 1.44 bits per heavy atom. The van der Waals surface area contributed by atoms with E-state index in [2.05, 4.69) is 35.8 Å². The van der Waals surface area contributed by atoms with Crippen LogP contribution >= 0.6 is 15.9 Å². The van der Waals surface area contributed by atoms with Gasteiger partial charge >= 0.3 is 0 Å². The highest BCUT2D eigenvalue weighted by Gasteiger charge is 2.58. The molecule has 0 spiro atoms. The zero-order valence-electron chi connectivity index (χ0n) is 9.96. The molecule has 2 atom stereocenters. The molecule has 1 saturated carbocycles. The number of methoxy groups -OCH3 is 1. The van der Waals surface area contributed by atoms with Crippen molar-refractivity contribution >= 4 is 15.9 Å². The maximum atomic E-state index is 5.81. The fourth-order valence-corrected chi connectivity index (χ4v) is 3.13. The summed E-state index contributed by atoms with van der Waals surface area (Å²) in [5, 5.41) is 0. The third-order valence-electron chi connectivity index (χ3n) is 3.83. The normalized spacial score (nSPS) is 26.6. The van der Waals surface area contributed by atoms with Gasteiger partial charge in [-0.15, -0.1) is 0 Å². The van der Waals surface area contributed by atoms with Crippen molar-refractivity contribution in [1.82, 2.24) is 0 Å². The lowest BCUT2D eigenvalue weighted by atomic mass is 10.0.